The molecule has 8 heavy (non-hydrogen) atoms. The molecule has 0 bridgehead atoms. The van der Waals surface area contributed by atoms with E-state index < -0.39 is 0 Å². The van der Waals surface area contributed by atoms with E-state index in [2.05, 4.69) is 4.99 Å². The average molecular weight is 110 g/mol. The van der Waals surface area contributed by atoms with E-state index in [1.807, 2.05) is 13.8 Å². The van der Waals surface area contributed by atoms with Gasteiger partial charge in [-0.05, 0) is 13.8 Å². The van der Waals surface area contributed by atoms with Gasteiger partial charge in [-0.2, -0.15) is 0 Å². The van der Waals surface area contributed by atoms with Crippen LogP contribution in [-0.4, -0.2) is 12.4 Å². The smallest absolute Gasteiger partial charge is 0.0443 e. The van der Waals surface area contributed by atoms with Gasteiger partial charge < -0.3 is 5.41 Å². The van der Waals surface area contributed by atoms with Gasteiger partial charge >= 0.3 is 0 Å². The molecule has 0 radical (unpaired) electrons. The van der Waals surface area contributed by atoms with E-state index in [1.54, 1.807) is 6.20 Å². The third kappa shape index (κ3) is 5.08. The summed E-state index contributed by atoms with van der Waals surface area (Å²) >= 11 is 0. The van der Waals surface area contributed by atoms with Gasteiger partial charge in [-0.25, -0.2) is 0 Å². The van der Waals surface area contributed by atoms with E-state index in [0.29, 0.717) is 0 Å². The molecule has 1 N–H and O–H groups in total. The Kier molecular flexibility index (Phi) is 3.76. The summed E-state index contributed by atoms with van der Waals surface area (Å²) in [5.41, 5.74) is 1.14. The van der Waals surface area contributed by atoms with E-state index in [0.717, 1.165) is 11.8 Å². The highest BCUT2D eigenvalue weighted by atomic mass is 14.7. The Morgan fingerprint density at radius 2 is 2.12 bits per heavy atom. The molecular formula is C6H10N2. The second-order valence-electron chi connectivity index (χ2n) is 1.67. The quantitative estimate of drug-likeness (QED) is 0.524. The molecule has 0 spiro atoms. The van der Waals surface area contributed by atoms with E-state index >= 15 is 0 Å². The Morgan fingerprint density at radius 3 is 2.50 bits per heavy atom. The van der Waals surface area contributed by atoms with E-state index in [4.69, 9.17) is 5.41 Å². The SMILES string of the molecule is CC(C)=CN=CC=N. The molecule has 0 amide bonds. The maximum Gasteiger partial charge on any atom is 0.0443 e. The fraction of sp³-hybridized carbons (Fsp3) is 0.333. The predicted octanol–water partition coefficient (Wildman–Crippen LogP) is 1.63. The first kappa shape index (κ1) is 7.08. The predicted molar refractivity (Wildman–Crippen MR) is 36.7 cm³/mol. The van der Waals surface area contributed by atoms with Crippen LogP contribution in [0.5, 0.6) is 0 Å². The summed E-state index contributed by atoms with van der Waals surface area (Å²) in [5, 5.41) is 6.54. The van der Waals surface area contributed by atoms with Crippen molar-refractivity contribution in [2.24, 2.45) is 4.99 Å². The highest BCUT2D eigenvalue weighted by Crippen LogP contribution is 1.85. The standard InChI is InChI=1S/C6H10N2/c1-6(2)5-8-4-3-7/h3-5,7H,1-2H3. The third-order valence-electron chi connectivity index (χ3n) is 0.493. The molecular weight excluding hydrogens is 100 g/mol. The van der Waals surface area contributed by atoms with Crippen molar-refractivity contribution in [1.82, 2.24) is 0 Å². The second-order valence-corrected chi connectivity index (χ2v) is 1.67. The van der Waals surface area contributed by atoms with E-state index in [-0.39, 0.29) is 0 Å². The third-order valence-corrected chi connectivity index (χ3v) is 0.493. The zero-order valence-corrected chi connectivity index (χ0v) is 5.18. The Hall–Kier alpha value is -0.920. The fourth-order valence-electron chi connectivity index (χ4n) is 0.235. The number of hydrogen-bond acceptors (Lipinski definition) is 2. The number of nitrogens with zero attached hydrogens (tertiary/aromatic N) is 1. The van der Waals surface area contributed by atoms with E-state index in [1.165, 1.54) is 6.21 Å². The molecule has 0 aliphatic carbocycles. The second kappa shape index (κ2) is 4.24. The van der Waals surface area contributed by atoms with Gasteiger partial charge in [0.2, 0.25) is 0 Å². The topological polar surface area (TPSA) is 36.2 Å². The molecule has 0 aliphatic heterocycles. The Labute approximate surface area is 49.5 Å². The monoisotopic (exact) mass is 110 g/mol. The summed E-state index contributed by atoms with van der Waals surface area (Å²) < 4.78 is 0. The number of nitrogens with one attached hydrogen (secondary N) is 1. The van der Waals surface area contributed by atoms with Crippen LogP contribution in [0.15, 0.2) is 16.8 Å². The summed E-state index contributed by atoms with van der Waals surface area (Å²) in [4.78, 5) is 3.76. The van der Waals surface area contributed by atoms with Crippen LogP contribution in [0.25, 0.3) is 0 Å². The first-order valence-electron chi connectivity index (χ1n) is 2.43. The zero-order valence-electron chi connectivity index (χ0n) is 5.18. The van der Waals surface area contributed by atoms with Crippen molar-refractivity contribution in [3.63, 3.8) is 0 Å². The lowest BCUT2D eigenvalue weighted by molar-refractivity contribution is 1.34. The molecule has 2 nitrogen and oxygen atoms in total. The molecule has 0 heterocycles. The van der Waals surface area contributed by atoms with Gasteiger partial charge in [0.15, 0.2) is 0 Å². The maximum atomic E-state index is 6.54. The molecule has 0 fully saturated rings. The van der Waals surface area contributed by atoms with Crippen molar-refractivity contribution < 1.29 is 0 Å². The van der Waals surface area contributed by atoms with Gasteiger partial charge in [-0.1, -0.05) is 5.57 Å². The van der Waals surface area contributed by atoms with E-state index in [9.17, 15) is 0 Å². The van der Waals surface area contributed by atoms with Crippen molar-refractivity contribution >= 4 is 12.4 Å². The lowest BCUT2D eigenvalue weighted by atomic mass is 10.4. The van der Waals surface area contributed by atoms with Gasteiger partial charge in [0, 0.05) is 18.6 Å². The Balaban J connectivity index is 3.57. The van der Waals surface area contributed by atoms with Gasteiger partial charge in [-0.3, -0.25) is 4.99 Å². The van der Waals surface area contributed by atoms with Crippen LogP contribution in [0.2, 0.25) is 0 Å². The van der Waals surface area contributed by atoms with Crippen LogP contribution < -0.4 is 0 Å². The summed E-state index contributed by atoms with van der Waals surface area (Å²) in [6.45, 7) is 3.92. The van der Waals surface area contributed by atoms with Gasteiger partial charge in [-0.15, -0.1) is 0 Å². The Bertz CT molecular complexity index is 118. The molecule has 0 saturated heterocycles. The van der Waals surface area contributed by atoms with Gasteiger partial charge in [0.1, 0.15) is 0 Å². The van der Waals surface area contributed by atoms with Crippen LogP contribution in [-0.2, 0) is 0 Å². The van der Waals surface area contributed by atoms with Crippen LogP contribution in [0.1, 0.15) is 13.8 Å². The molecule has 0 rings (SSSR count). The molecule has 0 aromatic heterocycles. The summed E-state index contributed by atoms with van der Waals surface area (Å²) in [6, 6.07) is 0. The van der Waals surface area contributed by atoms with Crippen LogP contribution in [0.3, 0.4) is 0 Å². The average Bonchev–Trinajstić information content (AvgIpc) is 1.66. The first-order valence-corrected chi connectivity index (χ1v) is 2.43. The number of aliphatic imine (C=N–C) groups is 1. The molecule has 0 saturated carbocycles. The van der Waals surface area contributed by atoms with Gasteiger partial charge in [0.25, 0.3) is 0 Å². The summed E-state index contributed by atoms with van der Waals surface area (Å²) in [7, 11) is 0. The summed E-state index contributed by atoms with van der Waals surface area (Å²) in [6.07, 6.45) is 4.30. The number of allylic oxidation sites excluding steroid dienone is 1. The normalized spacial score (nSPS) is 9.25. The molecule has 44 valence electrons. The highest BCUT2D eigenvalue weighted by Gasteiger charge is 1.67. The number of hydrogen-bond donors (Lipinski definition) is 1. The first-order chi connectivity index (χ1) is 3.77. The number of rotatable bonds is 2. The van der Waals surface area contributed by atoms with Crippen LogP contribution in [0, 0.1) is 5.41 Å². The Morgan fingerprint density at radius 1 is 1.50 bits per heavy atom. The lowest BCUT2D eigenvalue weighted by Crippen LogP contribution is -1.68. The van der Waals surface area contributed by atoms with Crippen LogP contribution in [0.4, 0.5) is 0 Å². The minimum atomic E-state index is 1.14. The molecule has 0 aromatic rings. The largest absolute Gasteiger partial charge is 0.307 e. The highest BCUT2D eigenvalue weighted by molar-refractivity contribution is 6.14. The van der Waals surface area contributed by atoms with Crippen molar-refractivity contribution in [2.75, 3.05) is 0 Å². The van der Waals surface area contributed by atoms with Crippen molar-refractivity contribution in [3.05, 3.63) is 11.8 Å². The maximum absolute atomic E-state index is 6.54. The molecule has 0 unspecified atom stereocenters. The fourth-order valence-corrected chi connectivity index (χ4v) is 0.235. The van der Waals surface area contributed by atoms with Gasteiger partial charge in [0.05, 0.1) is 0 Å². The van der Waals surface area contributed by atoms with Crippen LogP contribution >= 0.6 is 0 Å². The zero-order chi connectivity index (χ0) is 6.41. The lowest BCUT2D eigenvalue weighted by Gasteiger charge is -1.78. The summed E-state index contributed by atoms with van der Waals surface area (Å²) in [5.74, 6) is 0. The molecule has 2 heteroatoms. The van der Waals surface area contributed by atoms with Crippen molar-refractivity contribution in [2.45, 2.75) is 13.8 Å². The molecule has 0 aliphatic rings. The molecule has 0 aromatic carbocycles. The minimum Gasteiger partial charge on any atom is -0.307 e. The van der Waals surface area contributed by atoms with Crippen molar-refractivity contribution in [1.29, 1.82) is 5.41 Å². The molecule has 0 atom stereocenters. The van der Waals surface area contributed by atoms with Crippen molar-refractivity contribution in [3.8, 4) is 0 Å². The minimum absolute atomic E-state index is 1.14.